The van der Waals surface area contributed by atoms with Gasteiger partial charge in [0.25, 0.3) is 11.6 Å². The van der Waals surface area contributed by atoms with E-state index in [0.717, 1.165) is 0 Å². The Bertz CT molecular complexity index is 1110. The molecule has 1 aromatic heterocycles. The maximum absolute atomic E-state index is 12.5. The average Bonchev–Trinajstić information content (AvgIpc) is 3.29. The number of amides is 1. The third-order valence-electron chi connectivity index (χ3n) is 4.62. The molecule has 2 aromatic carbocycles. The highest BCUT2D eigenvalue weighted by molar-refractivity contribution is 6.05. The Hall–Kier alpha value is -4.16. The van der Waals surface area contributed by atoms with Gasteiger partial charge in [-0.15, -0.1) is 0 Å². The summed E-state index contributed by atoms with van der Waals surface area (Å²) in [5, 5.41) is 35.7. The van der Waals surface area contributed by atoms with E-state index in [1.165, 1.54) is 24.3 Å². The molecule has 9 nitrogen and oxygen atoms in total. The van der Waals surface area contributed by atoms with Crippen LogP contribution >= 0.6 is 0 Å². The Balaban J connectivity index is 1.72. The number of hydrogen-bond acceptors (Lipinski definition) is 7. The summed E-state index contributed by atoms with van der Waals surface area (Å²) >= 11 is 0. The minimum absolute atomic E-state index is 0.105. The molecule has 0 unspecified atom stereocenters. The molecule has 3 rings (SSSR count). The summed E-state index contributed by atoms with van der Waals surface area (Å²) in [6.45, 7) is 0.161. The van der Waals surface area contributed by atoms with Crippen molar-refractivity contribution >= 4 is 23.0 Å². The van der Waals surface area contributed by atoms with Crippen LogP contribution in [0.15, 0.2) is 65.3 Å². The smallest absolute Gasteiger partial charge is 0.293 e. The van der Waals surface area contributed by atoms with Gasteiger partial charge in [0.1, 0.15) is 11.4 Å². The standard InChI is InChI=1S/C22H20N4O5/c23-12-15-3-1-4-18(9-15)25-22(28)17-6-7-20(21(11-17)26(29)30)24-13-16(14-27)10-19-5-2-8-31-19/h1-9,11,16,24,27H,10,13-14H2,(H,25,28)/t16-/m1/s1. The lowest BCUT2D eigenvalue weighted by molar-refractivity contribution is -0.384. The number of nitriles is 1. The highest BCUT2D eigenvalue weighted by Crippen LogP contribution is 2.27. The Labute approximate surface area is 178 Å². The molecule has 158 valence electrons. The van der Waals surface area contributed by atoms with Gasteiger partial charge in [0.2, 0.25) is 0 Å². The lowest BCUT2D eigenvalue weighted by Crippen LogP contribution is -2.20. The van der Waals surface area contributed by atoms with Gasteiger partial charge in [0.05, 0.1) is 22.8 Å². The van der Waals surface area contributed by atoms with E-state index >= 15 is 0 Å². The van der Waals surface area contributed by atoms with Gasteiger partial charge in [-0.05, 0) is 42.5 Å². The Morgan fingerprint density at radius 3 is 2.74 bits per heavy atom. The van der Waals surface area contributed by atoms with Crippen LogP contribution in [-0.4, -0.2) is 29.1 Å². The number of nitrogens with zero attached hydrogens (tertiary/aromatic N) is 2. The largest absolute Gasteiger partial charge is 0.469 e. The van der Waals surface area contributed by atoms with Gasteiger partial charge in [-0.25, -0.2) is 0 Å². The van der Waals surface area contributed by atoms with E-state index in [2.05, 4.69) is 10.6 Å². The van der Waals surface area contributed by atoms with Gasteiger partial charge >= 0.3 is 0 Å². The molecule has 0 aliphatic heterocycles. The van der Waals surface area contributed by atoms with Crippen molar-refractivity contribution in [1.82, 2.24) is 0 Å². The van der Waals surface area contributed by atoms with Gasteiger partial charge < -0.3 is 20.2 Å². The molecule has 1 heterocycles. The highest BCUT2D eigenvalue weighted by atomic mass is 16.6. The van der Waals surface area contributed by atoms with Gasteiger partial charge in [-0.2, -0.15) is 5.26 Å². The van der Waals surface area contributed by atoms with E-state index in [-0.39, 0.29) is 36.0 Å². The SMILES string of the molecule is N#Cc1cccc(NC(=O)c2ccc(NC[C@H](CO)Cc3ccco3)c([N+](=O)[O-])c2)c1. The van der Waals surface area contributed by atoms with Crippen molar-refractivity contribution in [3.63, 3.8) is 0 Å². The van der Waals surface area contributed by atoms with Crippen molar-refractivity contribution in [2.24, 2.45) is 5.92 Å². The molecule has 0 saturated heterocycles. The van der Waals surface area contributed by atoms with Gasteiger partial charge in [-0.1, -0.05) is 6.07 Å². The number of nitro groups is 1. The topological polar surface area (TPSA) is 141 Å². The number of anilines is 2. The summed E-state index contributed by atoms with van der Waals surface area (Å²) < 4.78 is 5.28. The first-order chi connectivity index (χ1) is 15.0. The van der Waals surface area contributed by atoms with Crippen molar-refractivity contribution in [3.05, 3.63) is 87.9 Å². The number of benzene rings is 2. The van der Waals surface area contributed by atoms with Crippen LogP contribution in [-0.2, 0) is 6.42 Å². The number of furan rings is 1. The molecule has 31 heavy (non-hydrogen) atoms. The van der Waals surface area contributed by atoms with E-state index < -0.39 is 10.8 Å². The third kappa shape index (κ3) is 5.68. The third-order valence-corrected chi connectivity index (χ3v) is 4.62. The minimum atomic E-state index is -0.574. The van der Waals surface area contributed by atoms with E-state index in [9.17, 15) is 20.0 Å². The minimum Gasteiger partial charge on any atom is -0.469 e. The van der Waals surface area contributed by atoms with Crippen LogP contribution < -0.4 is 10.6 Å². The Morgan fingerprint density at radius 2 is 2.06 bits per heavy atom. The number of hydrogen-bond donors (Lipinski definition) is 3. The normalized spacial score (nSPS) is 11.4. The second kappa shape index (κ2) is 10.0. The van der Waals surface area contributed by atoms with Crippen LogP contribution in [0.4, 0.5) is 17.1 Å². The molecule has 9 heteroatoms. The molecule has 3 N–H and O–H groups in total. The lowest BCUT2D eigenvalue weighted by atomic mass is 10.0. The zero-order valence-electron chi connectivity index (χ0n) is 16.4. The van der Waals surface area contributed by atoms with E-state index in [1.54, 1.807) is 36.6 Å². The summed E-state index contributed by atoms with van der Waals surface area (Å²) in [5.41, 5.74) is 0.891. The van der Waals surface area contributed by atoms with Gasteiger partial charge in [-0.3, -0.25) is 14.9 Å². The lowest BCUT2D eigenvalue weighted by Gasteiger charge is -2.15. The molecule has 1 amide bonds. The average molecular weight is 420 g/mol. The summed E-state index contributed by atoms with van der Waals surface area (Å²) in [6, 6.07) is 16.0. The number of carbonyl (C=O) groups excluding carboxylic acids is 1. The van der Waals surface area contributed by atoms with Crippen molar-refractivity contribution in [2.75, 3.05) is 23.8 Å². The van der Waals surface area contributed by atoms with Gasteiger partial charge in [0.15, 0.2) is 0 Å². The summed E-state index contributed by atoms with van der Waals surface area (Å²) in [4.78, 5) is 23.5. The molecule has 0 radical (unpaired) electrons. The molecule has 0 spiro atoms. The number of carbonyl (C=O) groups is 1. The molecular weight excluding hydrogens is 400 g/mol. The van der Waals surface area contributed by atoms with Crippen LogP contribution in [0.5, 0.6) is 0 Å². The molecule has 3 aromatic rings. The predicted molar refractivity (Wildman–Crippen MR) is 114 cm³/mol. The quantitative estimate of drug-likeness (QED) is 0.355. The Kier molecular flexibility index (Phi) is 6.98. The van der Waals surface area contributed by atoms with Crippen LogP contribution in [0.25, 0.3) is 0 Å². The predicted octanol–water partition coefficient (Wildman–Crippen LogP) is 3.57. The first kappa shape index (κ1) is 21.5. The van der Waals surface area contributed by atoms with E-state index in [1.807, 2.05) is 6.07 Å². The fourth-order valence-corrected chi connectivity index (χ4v) is 3.01. The maximum atomic E-state index is 12.5. The van der Waals surface area contributed by atoms with E-state index in [0.29, 0.717) is 23.4 Å². The summed E-state index contributed by atoms with van der Waals surface area (Å²) in [7, 11) is 0. The Morgan fingerprint density at radius 1 is 1.23 bits per heavy atom. The zero-order chi connectivity index (χ0) is 22.2. The maximum Gasteiger partial charge on any atom is 0.293 e. The fourth-order valence-electron chi connectivity index (χ4n) is 3.01. The zero-order valence-corrected chi connectivity index (χ0v) is 16.4. The summed E-state index contributed by atoms with van der Waals surface area (Å²) in [6.07, 6.45) is 2.02. The molecule has 0 aliphatic carbocycles. The van der Waals surface area contributed by atoms with E-state index in [4.69, 9.17) is 9.68 Å². The number of rotatable bonds is 9. The van der Waals surface area contributed by atoms with Gasteiger partial charge in [0, 0.05) is 42.8 Å². The molecule has 0 bridgehead atoms. The van der Waals surface area contributed by atoms with Crippen molar-refractivity contribution in [3.8, 4) is 6.07 Å². The number of nitrogens with one attached hydrogen (secondary N) is 2. The second-order valence-corrected chi connectivity index (χ2v) is 6.85. The first-order valence-electron chi connectivity index (χ1n) is 9.47. The highest BCUT2D eigenvalue weighted by Gasteiger charge is 2.19. The van der Waals surface area contributed by atoms with Crippen LogP contribution in [0, 0.1) is 27.4 Å². The molecule has 1 atom stereocenters. The molecule has 0 aliphatic rings. The van der Waals surface area contributed by atoms with Crippen molar-refractivity contribution in [1.29, 1.82) is 5.26 Å². The van der Waals surface area contributed by atoms with Crippen molar-refractivity contribution in [2.45, 2.75) is 6.42 Å². The van der Waals surface area contributed by atoms with Crippen LogP contribution in [0.2, 0.25) is 0 Å². The molecular formula is C22H20N4O5. The molecule has 0 saturated carbocycles. The number of nitro benzene ring substituents is 1. The molecule has 0 fully saturated rings. The first-order valence-corrected chi connectivity index (χ1v) is 9.47. The van der Waals surface area contributed by atoms with Crippen LogP contribution in [0.1, 0.15) is 21.7 Å². The van der Waals surface area contributed by atoms with Crippen molar-refractivity contribution < 1.29 is 19.2 Å². The number of aliphatic hydroxyl groups excluding tert-OH is 1. The second-order valence-electron chi connectivity index (χ2n) is 6.85. The van der Waals surface area contributed by atoms with Crippen LogP contribution in [0.3, 0.4) is 0 Å². The number of aliphatic hydroxyl groups is 1. The summed E-state index contributed by atoms with van der Waals surface area (Å²) in [5.74, 6) is -0.0280. The monoisotopic (exact) mass is 420 g/mol. The fraction of sp³-hybridized carbons (Fsp3) is 0.182.